The van der Waals surface area contributed by atoms with Crippen molar-refractivity contribution in [3.8, 4) is 0 Å². The predicted molar refractivity (Wildman–Crippen MR) is 67.4 cm³/mol. The normalized spacial score (nSPS) is 20.1. The highest BCUT2D eigenvalue weighted by Gasteiger charge is 2.09. The summed E-state index contributed by atoms with van der Waals surface area (Å²) in [5.74, 6) is 0.698. The molecule has 0 aromatic rings. The van der Waals surface area contributed by atoms with Crippen molar-refractivity contribution < 1.29 is 0 Å². The van der Waals surface area contributed by atoms with Gasteiger partial charge in [0, 0.05) is 12.2 Å². The van der Waals surface area contributed by atoms with E-state index in [1.807, 2.05) is 39.8 Å². The number of rotatable bonds is 0. The summed E-state index contributed by atoms with van der Waals surface area (Å²) in [6.45, 7) is 15.2. The van der Waals surface area contributed by atoms with Crippen molar-refractivity contribution in [1.82, 2.24) is 5.32 Å². The third-order valence-electron chi connectivity index (χ3n) is 2.09. The molecule has 1 heteroatoms. The smallest absolute Gasteiger partial charge is 0.0144 e. The third-order valence-corrected chi connectivity index (χ3v) is 2.09. The Morgan fingerprint density at radius 1 is 1.29 bits per heavy atom. The molecule has 0 bridgehead atoms. The number of allylic oxidation sites excluding steroid dienone is 3. The van der Waals surface area contributed by atoms with Crippen LogP contribution in [0.5, 0.6) is 0 Å². The average Bonchev–Trinajstić information content (AvgIpc) is 2.26. The van der Waals surface area contributed by atoms with E-state index in [0.29, 0.717) is 5.92 Å². The topological polar surface area (TPSA) is 12.0 Å². The molecule has 0 aliphatic carbocycles. The van der Waals surface area contributed by atoms with E-state index in [1.54, 1.807) is 0 Å². The zero-order chi connectivity index (χ0) is 11.4. The van der Waals surface area contributed by atoms with E-state index in [0.717, 1.165) is 6.54 Å². The minimum atomic E-state index is 0.698. The first-order valence-corrected chi connectivity index (χ1v) is 5.72. The Kier molecular flexibility index (Phi) is 13.8. The molecule has 0 radical (unpaired) electrons. The van der Waals surface area contributed by atoms with E-state index in [4.69, 9.17) is 0 Å². The summed E-state index contributed by atoms with van der Waals surface area (Å²) in [7, 11) is 0. The summed E-state index contributed by atoms with van der Waals surface area (Å²) in [6.07, 6.45) is 6.62. The molecule has 1 aliphatic heterocycles. The highest BCUT2D eigenvalue weighted by Crippen LogP contribution is 2.15. The van der Waals surface area contributed by atoms with Crippen LogP contribution < -0.4 is 5.32 Å². The molecule has 0 aromatic carbocycles. The van der Waals surface area contributed by atoms with E-state index >= 15 is 0 Å². The molecule has 84 valence electrons. The Balaban J connectivity index is 0. The summed E-state index contributed by atoms with van der Waals surface area (Å²) in [4.78, 5) is 0. The molecule has 0 aromatic heterocycles. The number of nitrogens with one attached hydrogen (secondary N) is 1. The SMILES string of the molecule is C/C=C\C.C=C1NCCCC1C.CC. The molecule has 1 N–H and O–H groups in total. The average molecular weight is 197 g/mol. The first kappa shape index (κ1) is 15.7. The van der Waals surface area contributed by atoms with Crippen molar-refractivity contribution in [2.75, 3.05) is 6.54 Å². The van der Waals surface area contributed by atoms with Gasteiger partial charge in [0.2, 0.25) is 0 Å². The second kappa shape index (κ2) is 12.3. The van der Waals surface area contributed by atoms with Gasteiger partial charge in [-0.1, -0.05) is 39.5 Å². The van der Waals surface area contributed by atoms with Gasteiger partial charge in [-0.2, -0.15) is 0 Å². The maximum Gasteiger partial charge on any atom is 0.0144 e. The first-order valence-electron chi connectivity index (χ1n) is 5.72. The molecule has 0 amide bonds. The largest absolute Gasteiger partial charge is 0.389 e. The van der Waals surface area contributed by atoms with Crippen molar-refractivity contribution in [1.29, 1.82) is 0 Å². The van der Waals surface area contributed by atoms with Crippen LogP contribution in [-0.4, -0.2) is 6.54 Å². The van der Waals surface area contributed by atoms with Gasteiger partial charge in [-0.25, -0.2) is 0 Å². The van der Waals surface area contributed by atoms with Gasteiger partial charge in [-0.05, 0) is 32.6 Å². The maximum absolute atomic E-state index is 3.88. The summed E-state index contributed by atoms with van der Waals surface area (Å²) in [5, 5.41) is 3.24. The summed E-state index contributed by atoms with van der Waals surface area (Å²) < 4.78 is 0. The van der Waals surface area contributed by atoms with Crippen molar-refractivity contribution in [2.45, 2.75) is 47.5 Å². The molecule has 1 fully saturated rings. The monoisotopic (exact) mass is 197 g/mol. The van der Waals surface area contributed by atoms with Gasteiger partial charge in [0.05, 0.1) is 0 Å². The van der Waals surface area contributed by atoms with Gasteiger partial charge in [0.15, 0.2) is 0 Å². The molecule has 0 saturated carbocycles. The first-order chi connectivity index (χ1) is 6.72. The molecule has 1 atom stereocenters. The fourth-order valence-electron chi connectivity index (χ4n) is 1.01. The quantitative estimate of drug-likeness (QED) is 0.576. The molecule has 1 unspecified atom stereocenters. The number of hydrogen-bond donors (Lipinski definition) is 1. The molecule has 0 spiro atoms. The molecular formula is C13H27N. The molecule has 1 saturated heterocycles. The lowest BCUT2D eigenvalue weighted by Gasteiger charge is -2.21. The predicted octanol–water partition coefficient (Wildman–Crippen LogP) is 4.13. The van der Waals surface area contributed by atoms with Gasteiger partial charge in [-0.15, -0.1) is 0 Å². The maximum atomic E-state index is 3.88. The van der Waals surface area contributed by atoms with Gasteiger partial charge >= 0.3 is 0 Å². The fourth-order valence-corrected chi connectivity index (χ4v) is 1.01. The van der Waals surface area contributed by atoms with Crippen LogP contribution in [0.1, 0.15) is 47.5 Å². The lowest BCUT2D eigenvalue weighted by atomic mass is 9.99. The van der Waals surface area contributed by atoms with Crippen molar-refractivity contribution in [3.63, 3.8) is 0 Å². The van der Waals surface area contributed by atoms with E-state index in [1.165, 1.54) is 18.5 Å². The van der Waals surface area contributed by atoms with Crippen molar-refractivity contribution in [3.05, 3.63) is 24.4 Å². The van der Waals surface area contributed by atoms with Crippen molar-refractivity contribution >= 4 is 0 Å². The molecule has 1 aliphatic rings. The van der Waals surface area contributed by atoms with Gasteiger partial charge in [-0.3, -0.25) is 0 Å². The van der Waals surface area contributed by atoms with Crippen LogP contribution in [-0.2, 0) is 0 Å². The van der Waals surface area contributed by atoms with Crippen LogP contribution in [0.3, 0.4) is 0 Å². The lowest BCUT2D eigenvalue weighted by molar-refractivity contribution is 0.475. The third kappa shape index (κ3) is 9.37. The van der Waals surface area contributed by atoms with E-state index in [-0.39, 0.29) is 0 Å². The van der Waals surface area contributed by atoms with E-state index < -0.39 is 0 Å². The lowest BCUT2D eigenvalue weighted by Crippen LogP contribution is -2.24. The van der Waals surface area contributed by atoms with Crippen LogP contribution in [0.25, 0.3) is 0 Å². The Morgan fingerprint density at radius 2 is 1.79 bits per heavy atom. The minimum absolute atomic E-state index is 0.698. The molecule has 14 heavy (non-hydrogen) atoms. The second-order valence-corrected chi connectivity index (χ2v) is 3.16. The Bertz CT molecular complexity index is 143. The van der Waals surface area contributed by atoms with E-state index in [9.17, 15) is 0 Å². The van der Waals surface area contributed by atoms with Crippen LogP contribution in [0.15, 0.2) is 24.4 Å². The fraction of sp³-hybridized carbons (Fsp3) is 0.692. The standard InChI is InChI=1S/C7H13N.C4H8.C2H6/c1-6-4-3-5-8-7(6)2;1-3-4-2;1-2/h6,8H,2-5H2,1H3;3-4H,1-2H3;1-2H3/b;4-3-;. The molecule has 1 rings (SSSR count). The zero-order valence-corrected chi connectivity index (χ0v) is 10.6. The minimum Gasteiger partial charge on any atom is -0.389 e. The number of piperidine rings is 1. The Hall–Kier alpha value is -0.720. The van der Waals surface area contributed by atoms with Crippen molar-refractivity contribution in [2.24, 2.45) is 5.92 Å². The summed E-state index contributed by atoms with van der Waals surface area (Å²) >= 11 is 0. The van der Waals surface area contributed by atoms with Crippen LogP contribution >= 0.6 is 0 Å². The Labute approximate surface area is 90.3 Å². The highest BCUT2D eigenvalue weighted by molar-refractivity contribution is 4.98. The molecule has 1 nitrogen and oxygen atoms in total. The molecular weight excluding hydrogens is 170 g/mol. The summed E-state index contributed by atoms with van der Waals surface area (Å²) in [6, 6.07) is 0. The number of hydrogen-bond acceptors (Lipinski definition) is 1. The van der Waals surface area contributed by atoms with Gasteiger partial charge in [0.25, 0.3) is 0 Å². The van der Waals surface area contributed by atoms with E-state index in [2.05, 4.69) is 18.8 Å². The summed E-state index contributed by atoms with van der Waals surface area (Å²) in [5.41, 5.74) is 1.22. The van der Waals surface area contributed by atoms with Gasteiger partial charge < -0.3 is 5.32 Å². The molecule has 1 heterocycles. The second-order valence-electron chi connectivity index (χ2n) is 3.16. The Morgan fingerprint density at radius 3 is 2.00 bits per heavy atom. The zero-order valence-electron chi connectivity index (χ0n) is 10.6. The van der Waals surface area contributed by atoms with Crippen LogP contribution in [0.4, 0.5) is 0 Å². The van der Waals surface area contributed by atoms with Gasteiger partial charge in [0.1, 0.15) is 0 Å². The highest BCUT2D eigenvalue weighted by atomic mass is 14.9. The van der Waals surface area contributed by atoms with Crippen LogP contribution in [0.2, 0.25) is 0 Å². The van der Waals surface area contributed by atoms with Crippen LogP contribution in [0, 0.1) is 5.92 Å².